The van der Waals surface area contributed by atoms with Gasteiger partial charge in [0.2, 0.25) is 5.91 Å². The van der Waals surface area contributed by atoms with Crippen LogP contribution in [0.2, 0.25) is 0 Å². The number of amides is 1. The fourth-order valence-electron chi connectivity index (χ4n) is 1.81. The van der Waals surface area contributed by atoms with Crippen LogP contribution < -0.4 is 5.32 Å². The Bertz CT molecular complexity index is 216. The lowest BCUT2D eigenvalue weighted by molar-refractivity contribution is -0.133. The van der Waals surface area contributed by atoms with Crippen molar-refractivity contribution in [2.75, 3.05) is 19.6 Å². The molecule has 1 heterocycles. The van der Waals surface area contributed by atoms with Crippen LogP contribution in [0.5, 0.6) is 0 Å². The second-order valence-corrected chi connectivity index (χ2v) is 4.29. The number of aliphatic hydroxyl groups is 1. The number of β-amino-alcohol motifs (C(OH)–C–C–N with tert-alkyl or cyclic N) is 1. The predicted octanol–water partition coefficient (Wildman–Crippen LogP) is -0.278. The molecule has 2 fully saturated rings. The number of piperidine rings is 1. The van der Waals surface area contributed by atoms with Gasteiger partial charge in [-0.3, -0.25) is 4.79 Å². The highest BCUT2D eigenvalue weighted by molar-refractivity contribution is 5.78. The normalized spacial score (nSPS) is 27.8. The quantitative estimate of drug-likeness (QED) is 0.656. The number of hydrogen-bond acceptors (Lipinski definition) is 3. The molecule has 1 amide bonds. The van der Waals surface area contributed by atoms with Crippen molar-refractivity contribution in [1.29, 1.82) is 0 Å². The first-order chi connectivity index (χ1) is 6.75. The first kappa shape index (κ1) is 9.93. The van der Waals surface area contributed by atoms with E-state index >= 15 is 0 Å². The van der Waals surface area contributed by atoms with Gasteiger partial charge in [-0.2, -0.15) is 0 Å². The Kier molecular flexibility index (Phi) is 3.03. The van der Waals surface area contributed by atoms with E-state index in [1.165, 1.54) is 12.8 Å². The molecule has 4 heteroatoms. The van der Waals surface area contributed by atoms with Gasteiger partial charge in [0.1, 0.15) is 0 Å². The van der Waals surface area contributed by atoms with Gasteiger partial charge in [0, 0.05) is 19.1 Å². The third-order valence-corrected chi connectivity index (χ3v) is 2.87. The van der Waals surface area contributed by atoms with Crippen LogP contribution in [0.25, 0.3) is 0 Å². The van der Waals surface area contributed by atoms with E-state index in [9.17, 15) is 9.90 Å². The van der Waals surface area contributed by atoms with Gasteiger partial charge < -0.3 is 15.3 Å². The number of hydrogen-bond donors (Lipinski definition) is 2. The number of nitrogens with zero attached hydrogens (tertiary/aromatic N) is 1. The molecule has 0 spiro atoms. The number of rotatable bonds is 3. The zero-order valence-corrected chi connectivity index (χ0v) is 8.41. The van der Waals surface area contributed by atoms with Crippen molar-refractivity contribution < 1.29 is 9.90 Å². The summed E-state index contributed by atoms with van der Waals surface area (Å²) in [6, 6.07) is 0.577. The molecular weight excluding hydrogens is 180 g/mol. The van der Waals surface area contributed by atoms with Crippen molar-refractivity contribution >= 4 is 5.91 Å². The molecule has 80 valence electrons. The summed E-state index contributed by atoms with van der Waals surface area (Å²) >= 11 is 0. The molecule has 1 saturated carbocycles. The highest BCUT2D eigenvalue weighted by atomic mass is 16.3. The van der Waals surface area contributed by atoms with Gasteiger partial charge in [-0.25, -0.2) is 0 Å². The molecule has 1 unspecified atom stereocenters. The van der Waals surface area contributed by atoms with Crippen molar-refractivity contribution in [2.24, 2.45) is 0 Å². The number of aliphatic hydroxyl groups excluding tert-OH is 1. The van der Waals surface area contributed by atoms with E-state index < -0.39 is 0 Å². The summed E-state index contributed by atoms with van der Waals surface area (Å²) in [6.45, 7) is 1.77. The number of carbonyl (C=O) groups is 1. The highest BCUT2D eigenvalue weighted by Crippen LogP contribution is 2.18. The van der Waals surface area contributed by atoms with Crippen LogP contribution in [0.3, 0.4) is 0 Å². The molecule has 0 bridgehead atoms. The Morgan fingerprint density at radius 1 is 1.43 bits per heavy atom. The van der Waals surface area contributed by atoms with Gasteiger partial charge in [-0.1, -0.05) is 0 Å². The van der Waals surface area contributed by atoms with Gasteiger partial charge in [-0.05, 0) is 25.7 Å². The second-order valence-electron chi connectivity index (χ2n) is 4.29. The summed E-state index contributed by atoms with van der Waals surface area (Å²) < 4.78 is 0. The lowest BCUT2D eigenvalue weighted by atomic mass is 10.1. The molecule has 0 aromatic heterocycles. The molecule has 0 radical (unpaired) electrons. The molecule has 2 rings (SSSR count). The summed E-state index contributed by atoms with van der Waals surface area (Å²) in [5.41, 5.74) is 0. The van der Waals surface area contributed by atoms with Crippen LogP contribution in [0.4, 0.5) is 0 Å². The lowest BCUT2D eigenvalue weighted by Crippen LogP contribution is -2.45. The third kappa shape index (κ3) is 2.69. The zero-order valence-electron chi connectivity index (χ0n) is 8.41. The molecule has 14 heavy (non-hydrogen) atoms. The fourth-order valence-corrected chi connectivity index (χ4v) is 1.81. The van der Waals surface area contributed by atoms with Crippen LogP contribution >= 0.6 is 0 Å². The second kappa shape index (κ2) is 4.28. The molecule has 0 aromatic rings. The van der Waals surface area contributed by atoms with Gasteiger partial charge in [0.05, 0.1) is 12.6 Å². The molecule has 1 saturated heterocycles. The zero-order chi connectivity index (χ0) is 9.97. The van der Waals surface area contributed by atoms with Crippen LogP contribution in [0.1, 0.15) is 25.7 Å². The number of nitrogens with one attached hydrogen (secondary N) is 1. The van der Waals surface area contributed by atoms with Gasteiger partial charge in [-0.15, -0.1) is 0 Å². The minimum Gasteiger partial charge on any atom is -0.391 e. The van der Waals surface area contributed by atoms with E-state index in [4.69, 9.17) is 0 Å². The van der Waals surface area contributed by atoms with Crippen molar-refractivity contribution in [3.8, 4) is 0 Å². The molecule has 2 N–H and O–H groups in total. The molecule has 1 atom stereocenters. The molecule has 1 aliphatic heterocycles. The minimum absolute atomic E-state index is 0.135. The van der Waals surface area contributed by atoms with E-state index in [0.717, 1.165) is 19.4 Å². The Labute approximate surface area is 84.3 Å². The molecule has 4 nitrogen and oxygen atoms in total. The van der Waals surface area contributed by atoms with E-state index in [1.807, 2.05) is 0 Å². The maximum atomic E-state index is 11.6. The van der Waals surface area contributed by atoms with Crippen molar-refractivity contribution in [3.63, 3.8) is 0 Å². The Balaban J connectivity index is 1.71. The Morgan fingerprint density at radius 3 is 2.86 bits per heavy atom. The maximum absolute atomic E-state index is 11.6. The summed E-state index contributed by atoms with van der Waals surface area (Å²) in [5.74, 6) is 0.135. The maximum Gasteiger partial charge on any atom is 0.236 e. The van der Waals surface area contributed by atoms with Gasteiger partial charge in [0.15, 0.2) is 0 Å². The molecule has 1 aliphatic carbocycles. The van der Waals surface area contributed by atoms with Crippen molar-refractivity contribution in [2.45, 2.75) is 37.8 Å². The minimum atomic E-state index is -0.311. The monoisotopic (exact) mass is 198 g/mol. The summed E-state index contributed by atoms with van der Waals surface area (Å²) in [5, 5.41) is 12.6. The average Bonchev–Trinajstić information content (AvgIpc) is 2.97. The van der Waals surface area contributed by atoms with Crippen LogP contribution in [0.15, 0.2) is 0 Å². The number of likely N-dealkylation sites (tertiary alicyclic amines) is 1. The van der Waals surface area contributed by atoms with E-state index in [2.05, 4.69) is 5.32 Å². The fraction of sp³-hybridized carbons (Fsp3) is 0.900. The standard InChI is InChI=1S/C10H18N2O2/c13-9-2-1-5-12(7-9)10(14)6-11-8-3-4-8/h8-9,11,13H,1-7H2. The SMILES string of the molecule is O=C(CNC1CC1)N1CCCC(O)C1. The molecule has 0 aromatic carbocycles. The Hall–Kier alpha value is -0.610. The van der Waals surface area contributed by atoms with E-state index in [0.29, 0.717) is 19.1 Å². The van der Waals surface area contributed by atoms with Crippen LogP contribution in [-0.2, 0) is 4.79 Å². The topological polar surface area (TPSA) is 52.6 Å². The highest BCUT2D eigenvalue weighted by Gasteiger charge is 2.25. The predicted molar refractivity (Wildman–Crippen MR) is 52.8 cm³/mol. The summed E-state index contributed by atoms with van der Waals surface area (Å²) in [4.78, 5) is 13.4. The smallest absolute Gasteiger partial charge is 0.236 e. The van der Waals surface area contributed by atoms with Crippen LogP contribution in [-0.4, -0.2) is 47.7 Å². The largest absolute Gasteiger partial charge is 0.391 e. The summed E-state index contributed by atoms with van der Waals surface area (Å²) in [6.07, 6.45) is 3.86. The van der Waals surface area contributed by atoms with Crippen molar-refractivity contribution in [1.82, 2.24) is 10.2 Å². The first-order valence-corrected chi connectivity index (χ1v) is 5.45. The average molecular weight is 198 g/mol. The summed E-state index contributed by atoms with van der Waals surface area (Å²) in [7, 11) is 0. The van der Waals surface area contributed by atoms with E-state index in [1.54, 1.807) is 4.90 Å². The Morgan fingerprint density at radius 2 is 2.21 bits per heavy atom. The van der Waals surface area contributed by atoms with Crippen molar-refractivity contribution in [3.05, 3.63) is 0 Å². The van der Waals surface area contributed by atoms with E-state index in [-0.39, 0.29) is 12.0 Å². The van der Waals surface area contributed by atoms with Gasteiger partial charge >= 0.3 is 0 Å². The third-order valence-electron chi connectivity index (χ3n) is 2.87. The van der Waals surface area contributed by atoms with Crippen LogP contribution in [0, 0.1) is 0 Å². The molecular formula is C10H18N2O2. The van der Waals surface area contributed by atoms with Gasteiger partial charge in [0.25, 0.3) is 0 Å². The first-order valence-electron chi connectivity index (χ1n) is 5.45. The lowest BCUT2D eigenvalue weighted by Gasteiger charge is -2.30. The number of carbonyl (C=O) groups excluding carboxylic acids is 1. The molecule has 2 aliphatic rings.